The van der Waals surface area contributed by atoms with Crippen molar-refractivity contribution in [3.8, 4) is 0 Å². The highest BCUT2D eigenvalue weighted by Crippen LogP contribution is 2.31. The Kier molecular flexibility index (Phi) is 6.60. The number of carbonyl (C=O) groups excluding carboxylic acids is 1. The van der Waals surface area contributed by atoms with Crippen molar-refractivity contribution in [3.63, 3.8) is 0 Å². The van der Waals surface area contributed by atoms with Crippen LogP contribution in [0.2, 0.25) is 10.0 Å². The highest BCUT2D eigenvalue weighted by atomic mass is 35.5. The van der Waals surface area contributed by atoms with Crippen LogP contribution in [0.3, 0.4) is 0 Å². The summed E-state index contributed by atoms with van der Waals surface area (Å²) in [5.41, 5.74) is 0.886. The lowest BCUT2D eigenvalue weighted by molar-refractivity contribution is -0.120. The van der Waals surface area contributed by atoms with Crippen molar-refractivity contribution in [2.24, 2.45) is 5.92 Å². The van der Waals surface area contributed by atoms with Gasteiger partial charge >= 0.3 is 0 Å². The molecule has 1 heterocycles. The highest BCUT2D eigenvalue weighted by Gasteiger charge is 2.31. The van der Waals surface area contributed by atoms with E-state index < -0.39 is 15.8 Å². The van der Waals surface area contributed by atoms with Crippen LogP contribution in [0.15, 0.2) is 42.5 Å². The standard InChI is InChI=1S/C19H19Cl2FN2O3S/c20-16-2-1-3-17(21)18(16)23-19(25)14-8-10-24(11-9-14)28(26,27)12-13-4-6-15(22)7-5-13/h1-7,14H,8-12H2,(H,23,25). The maximum absolute atomic E-state index is 13.0. The van der Waals surface area contributed by atoms with Gasteiger partial charge in [0.15, 0.2) is 0 Å². The van der Waals surface area contributed by atoms with E-state index >= 15 is 0 Å². The topological polar surface area (TPSA) is 66.5 Å². The van der Waals surface area contributed by atoms with Gasteiger partial charge in [0, 0.05) is 19.0 Å². The molecule has 1 aliphatic rings. The summed E-state index contributed by atoms with van der Waals surface area (Å²) in [5, 5.41) is 3.44. The number of piperidine rings is 1. The molecular formula is C19H19Cl2FN2O3S. The zero-order chi connectivity index (χ0) is 20.3. The average molecular weight is 445 g/mol. The molecule has 1 amide bonds. The van der Waals surface area contributed by atoms with Gasteiger partial charge in [-0.15, -0.1) is 0 Å². The summed E-state index contributed by atoms with van der Waals surface area (Å²) < 4.78 is 39.5. The molecule has 1 saturated heterocycles. The van der Waals surface area contributed by atoms with Crippen molar-refractivity contribution in [2.45, 2.75) is 18.6 Å². The van der Waals surface area contributed by atoms with E-state index in [9.17, 15) is 17.6 Å². The van der Waals surface area contributed by atoms with Crippen LogP contribution < -0.4 is 5.32 Å². The summed E-state index contributed by atoms with van der Waals surface area (Å²) in [6, 6.07) is 10.3. The third kappa shape index (κ3) is 5.03. The molecule has 0 radical (unpaired) electrons. The summed E-state index contributed by atoms with van der Waals surface area (Å²) in [4.78, 5) is 12.5. The molecule has 9 heteroatoms. The van der Waals surface area contributed by atoms with Crippen molar-refractivity contribution in [1.82, 2.24) is 4.31 Å². The Morgan fingerprint density at radius 3 is 2.21 bits per heavy atom. The van der Waals surface area contributed by atoms with Crippen LogP contribution in [-0.4, -0.2) is 31.7 Å². The number of nitrogens with zero attached hydrogens (tertiary/aromatic N) is 1. The van der Waals surface area contributed by atoms with Gasteiger partial charge in [0.05, 0.1) is 21.5 Å². The minimum Gasteiger partial charge on any atom is -0.323 e. The Hall–Kier alpha value is -1.67. The SMILES string of the molecule is O=C(Nc1c(Cl)cccc1Cl)C1CCN(S(=O)(=O)Cc2ccc(F)cc2)CC1. The Morgan fingerprint density at radius 2 is 1.64 bits per heavy atom. The lowest BCUT2D eigenvalue weighted by Crippen LogP contribution is -2.41. The molecule has 1 fully saturated rings. The largest absolute Gasteiger partial charge is 0.323 e. The van der Waals surface area contributed by atoms with Gasteiger partial charge in [0.25, 0.3) is 0 Å². The highest BCUT2D eigenvalue weighted by molar-refractivity contribution is 7.88. The van der Waals surface area contributed by atoms with E-state index in [4.69, 9.17) is 23.2 Å². The van der Waals surface area contributed by atoms with Crippen molar-refractivity contribution in [1.29, 1.82) is 0 Å². The van der Waals surface area contributed by atoms with Gasteiger partial charge < -0.3 is 5.32 Å². The van der Waals surface area contributed by atoms with Crippen molar-refractivity contribution in [3.05, 3.63) is 63.9 Å². The molecule has 0 aromatic heterocycles. The maximum atomic E-state index is 13.0. The van der Waals surface area contributed by atoms with E-state index in [1.54, 1.807) is 18.2 Å². The predicted octanol–water partition coefficient (Wildman–Crippen LogP) is 4.31. The Bertz CT molecular complexity index is 939. The van der Waals surface area contributed by atoms with E-state index in [1.807, 2.05) is 0 Å². The molecule has 0 spiro atoms. The zero-order valence-electron chi connectivity index (χ0n) is 14.9. The molecule has 1 aliphatic heterocycles. The maximum Gasteiger partial charge on any atom is 0.227 e. The number of anilines is 1. The Morgan fingerprint density at radius 1 is 1.07 bits per heavy atom. The number of para-hydroxylation sites is 1. The third-order valence-corrected chi connectivity index (χ3v) is 7.17. The first-order valence-corrected chi connectivity index (χ1v) is 11.1. The minimum atomic E-state index is -3.53. The summed E-state index contributed by atoms with van der Waals surface area (Å²) in [6.45, 7) is 0.496. The molecule has 2 aromatic rings. The number of carbonyl (C=O) groups is 1. The lowest BCUT2D eigenvalue weighted by atomic mass is 9.97. The van der Waals surface area contributed by atoms with Gasteiger partial charge in [-0.05, 0) is 42.7 Å². The molecule has 5 nitrogen and oxygen atoms in total. The fraction of sp³-hybridized carbons (Fsp3) is 0.316. The number of hydrogen-bond donors (Lipinski definition) is 1. The molecule has 2 aromatic carbocycles. The molecule has 28 heavy (non-hydrogen) atoms. The molecule has 0 atom stereocenters. The van der Waals surface area contributed by atoms with Crippen LogP contribution >= 0.6 is 23.2 Å². The van der Waals surface area contributed by atoms with Gasteiger partial charge in [-0.1, -0.05) is 41.4 Å². The number of benzene rings is 2. The van der Waals surface area contributed by atoms with Crippen molar-refractivity contribution >= 4 is 44.8 Å². The average Bonchev–Trinajstić information content (AvgIpc) is 2.66. The van der Waals surface area contributed by atoms with E-state index in [1.165, 1.54) is 28.6 Å². The molecule has 0 saturated carbocycles. The van der Waals surface area contributed by atoms with Gasteiger partial charge in [0.1, 0.15) is 5.82 Å². The second-order valence-corrected chi connectivity index (χ2v) is 9.43. The van der Waals surface area contributed by atoms with Gasteiger partial charge in [0.2, 0.25) is 15.9 Å². The molecule has 0 aliphatic carbocycles. The quantitative estimate of drug-likeness (QED) is 0.746. The molecule has 1 N–H and O–H groups in total. The van der Waals surface area contributed by atoms with Crippen LogP contribution in [0.25, 0.3) is 0 Å². The number of sulfonamides is 1. The number of amides is 1. The van der Waals surface area contributed by atoms with Gasteiger partial charge in [-0.2, -0.15) is 0 Å². The van der Waals surface area contributed by atoms with E-state index in [0.29, 0.717) is 34.1 Å². The number of halogens is 3. The fourth-order valence-electron chi connectivity index (χ4n) is 3.12. The predicted molar refractivity (Wildman–Crippen MR) is 108 cm³/mol. The lowest BCUT2D eigenvalue weighted by Gasteiger charge is -2.30. The van der Waals surface area contributed by atoms with E-state index in [-0.39, 0.29) is 30.7 Å². The second kappa shape index (κ2) is 8.78. The molecule has 150 valence electrons. The third-order valence-electron chi connectivity index (χ3n) is 4.69. The van der Waals surface area contributed by atoms with E-state index in [2.05, 4.69) is 5.32 Å². The van der Waals surface area contributed by atoms with Crippen LogP contribution in [-0.2, 0) is 20.6 Å². The smallest absolute Gasteiger partial charge is 0.227 e. The van der Waals surface area contributed by atoms with Crippen LogP contribution in [0, 0.1) is 11.7 Å². The minimum absolute atomic E-state index is 0.195. The van der Waals surface area contributed by atoms with Gasteiger partial charge in [-0.3, -0.25) is 4.79 Å². The van der Waals surface area contributed by atoms with Crippen molar-refractivity contribution in [2.75, 3.05) is 18.4 Å². The first kappa shape index (κ1) is 21.0. The summed E-state index contributed by atoms with van der Waals surface area (Å²) >= 11 is 12.1. The molecule has 0 unspecified atom stereocenters. The molecule has 3 rings (SSSR count). The summed E-state index contributed by atoms with van der Waals surface area (Å²) in [6.07, 6.45) is 0.799. The Labute approximate surface area is 173 Å². The number of nitrogens with one attached hydrogen (secondary N) is 1. The fourth-order valence-corrected chi connectivity index (χ4v) is 5.18. The molecular weight excluding hydrogens is 426 g/mol. The first-order chi connectivity index (χ1) is 13.3. The number of hydrogen-bond acceptors (Lipinski definition) is 3. The van der Waals surface area contributed by atoms with Gasteiger partial charge in [-0.25, -0.2) is 17.1 Å². The van der Waals surface area contributed by atoms with Crippen LogP contribution in [0.1, 0.15) is 18.4 Å². The summed E-state index contributed by atoms with van der Waals surface area (Å²) in [5.74, 6) is -1.17. The van der Waals surface area contributed by atoms with Crippen LogP contribution in [0.4, 0.5) is 10.1 Å². The normalized spacial score (nSPS) is 16.1. The zero-order valence-corrected chi connectivity index (χ0v) is 17.2. The van der Waals surface area contributed by atoms with E-state index in [0.717, 1.165) is 0 Å². The summed E-state index contributed by atoms with van der Waals surface area (Å²) in [7, 11) is -3.53. The second-order valence-electron chi connectivity index (χ2n) is 6.64. The first-order valence-electron chi connectivity index (χ1n) is 8.73. The monoisotopic (exact) mass is 444 g/mol. The van der Waals surface area contributed by atoms with Crippen molar-refractivity contribution < 1.29 is 17.6 Å². The Balaban J connectivity index is 1.59. The van der Waals surface area contributed by atoms with Crippen LogP contribution in [0.5, 0.6) is 0 Å². The molecule has 0 bridgehead atoms. The number of rotatable bonds is 5.